The molecule has 1 unspecified atom stereocenters. The largest absolute Gasteiger partial charge is 0.310 e. The molecule has 0 amide bonds. The number of benzene rings is 1. The average Bonchev–Trinajstić information content (AvgIpc) is 2.24. The van der Waals surface area contributed by atoms with Crippen molar-refractivity contribution in [3.05, 3.63) is 35.9 Å². The second-order valence-electron chi connectivity index (χ2n) is 4.57. The van der Waals surface area contributed by atoms with Crippen molar-refractivity contribution >= 4 is 5.78 Å². The molecule has 2 rings (SSSR count). The first kappa shape index (κ1) is 10.4. The van der Waals surface area contributed by atoms with E-state index in [1.54, 1.807) is 0 Å². The van der Waals surface area contributed by atoms with Gasteiger partial charge in [0.05, 0.1) is 6.54 Å². The molecule has 0 spiro atoms. The summed E-state index contributed by atoms with van der Waals surface area (Å²) >= 11 is 0. The maximum absolute atomic E-state index is 11.9. The fourth-order valence-electron chi connectivity index (χ4n) is 2.15. The second kappa shape index (κ2) is 4.15. The van der Waals surface area contributed by atoms with Gasteiger partial charge in [0.15, 0.2) is 5.78 Å². The number of carbonyl (C=O) groups is 1. The molecule has 0 aromatic heterocycles. The summed E-state index contributed by atoms with van der Waals surface area (Å²) < 4.78 is 0. The Balaban J connectivity index is 2.13. The zero-order valence-electron chi connectivity index (χ0n) is 9.12. The molecule has 2 heteroatoms. The highest BCUT2D eigenvalue weighted by molar-refractivity contribution is 5.87. The predicted molar refractivity (Wildman–Crippen MR) is 60.7 cm³/mol. The van der Waals surface area contributed by atoms with Crippen LogP contribution in [0.5, 0.6) is 0 Å². The third-order valence-corrected chi connectivity index (χ3v) is 3.25. The lowest BCUT2D eigenvalue weighted by molar-refractivity contribution is -0.128. The van der Waals surface area contributed by atoms with E-state index < -0.39 is 0 Å². The van der Waals surface area contributed by atoms with Crippen molar-refractivity contribution in [1.82, 2.24) is 5.32 Å². The molecule has 0 radical (unpaired) electrons. The zero-order chi connectivity index (χ0) is 10.7. The number of hydrogen-bond donors (Lipinski definition) is 1. The Bertz CT molecular complexity index is 347. The van der Waals surface area contributed by atoms with Crippen LogP contribution in [0.2, 0.25) is 0 Å². The molecule has 1 aromatic carbocycles. The maximum Gasteiger partial charge on any atom is 0.152 e. The molecule has 2 nitrogen and oxygen atoms in total. The SMILES string of the molecule is CC1(Cc2ccccc2)CCNCC1=O. The van der Waals surface area contributed by atoms with Gasteiger partial charge in [-0.2, -0.15) is 0 Å². The summed E-state index contributed by atoms with van der Waals surface area (Å²) in [5.74, 6) is 0.345. The highest BCUT2D eigenvalue weighted by atomic mass is 16.1. The van der Waals surface area contributed by atoms with Crippen LogP contribution in [0.3, 0.4) is 0 Å². The molecule has 1 aliphatic heterocycles. The standard InChI is InChI=1S/C13H17NO/c1-13(7-8-14-10-12(13)15)9-11-5-3-2-4-6-11/h2-6,14H,7-10H2,1H3. The summed E-state index contributed by atoms with van der Waals surface area (Å²) in [7, 11) is 0. The number of Topliss-reactive ketones (excluding diaryl/α,β-unsaturated/α-hetero) is 1. The monoisotopic (exact) mass is 203 g/mol. The zero-order valence-corrected chi connectivity index (χ0v) is 9.12. The van der Waals surface area contributed by atoms with Crippen LogP contribution in [0.1, 0.15) is 18.9 Å². The van der Waals surface area contributed by atoms with Gasteiger partial charge in [0.25, 0.3) is 0 Å². The predicted octanol–water partition coefficient (Wildman–Crippen LogP) is 1.80. The van der Waals surface area contributed by atoms with E-state index in [2.05, 4.69) is 24.4 Å². The van der Waals surface area contributed by atoms with Crippen molar-refractivity contribution < 1.29 is 4.79 Å². The molecule has 1 aromatic rings. The first-order valence-corrected chi connectivity index (χ1v) is 5.49. The van der Waals surface area contributed by atoms with Crippen LogP contribution in [0.15, 0.2) is 30.3 Å². The number of carbonyl (C=O) groups excluding carboxylic acids is 1. The molecule has 1 fully saturated rings. The normalized spacial score (nSPS) is 26.6. The van der Waals surface area contributed by atoms with Crippen LogP contribution in [0.25, 0.3) is 0 Å². The van der Waals surface area contributed by atoms with Gasteiger partial charge < -0.3 is 5.32 Å². The van der Waals surface area contributed by atoms with E-state index in [0.29, 0.717) is 12.3 Å². The van der Waals surface area contributed by atoms with Gasteiger partial charge in [-0.15, -0.1) is 0 Å². The molecule has 0 aliphatic carbocycles. The fourth-order valence-corrected chi connectivity index (χ4v) is 2.15. The number of ketones is 1. The fraction of sp³-hybridized carbons (Fsp3) is 0.462. The Kier molecular flexibility index (Phi) is 2.87. The molecular weight excluding hydrogens is 186 g/mol. The van der Waals surface area contributed by atoms with Crippen LogP contribution in [-0.2, 0) is 11.2 Å². The number of piperidine rings is 1. The van der Waals surface area contributed by atoms with Crippen molar-refractivity contribution in [2.45, 2.75) is 19.8 Å². The minimum atomic E-state index is -0.160. The number of rotatable bonds is 2. The summed E-state index contributed by atoms with van der Waals surface area (Å²) in [6, 6.07) is 10.3. The molecule has 1 aliphatic rings. The van der Waals surface area contributed by atoms with Crippen molar-refractivity contribution in [2.24, 2.45) is 5.41 Å². The van der Waals surface area contributed by atoms with Gasteiger partial charge in [-0.25, -0.2) is 0 Å². The maximum atomic E-state index is 11.9. The molecule has 15 heavy (non-hydrogen) atoms. The molecule has 0 bridgehead atoms. The van der Waals surface area contributed by atoms with E-state index in [4.69, 9.17) is 0 Å². The minimum Gasteiger partial charge on any atom is -0.310 e. The van der Waals surface area contributed by atoms with Gasteiger partial charge in [0.1, 0.15) is 0 Å². The average molecular weight is 203 g/mol. The van der Waals surface area contributed by atoms with Crippen LogP contribution < -0.4 is 5.32 Å². The summed E-state index contributed by atoms with van der Waals surface area (Å²) in [4.78, 5) is 11.9. The van der Waals surface area contributed by atoms with Crippen molar-refractivity contribution in [3.8, 4) is 0 Å². The molecule has 80 valence electrons. The molecule has 1 N–H and O–H groups in total. The van der Waals surface area contributed by atoms with Gasteiger partial charge in [-0.05, 0) is 24.9 Å². The lowest BCUT2D eigenvalue weighted by Gasteiger charge is -2.32. The summed E-state index contributed by atoms with van der Waals surface area (Å²) in [5.41, 5.74) is 1.10. The minimum absolute atomic E-state index is 0.160. The molecule has 0 saturated carbocycles. The molecule has 1 saturated heterocycles. The van der Waals surface area contributed by atoms with Crippen LogP contribution >= 0.6 is 0 Å². The third-order valence-electron chi connectivity index (χ3n) is 3.25. The highest BCUT2D eigenvalue weighted by Crippen LogP contribution is 2.29. The Labute approximate surface area is 90.7 Å². The number of hydrogen-bond acceptors (Lipinski definition) is 2. The van der Waals surface area contributed by atoms with E-state index >= 15 is 0 Å². The van der Waals surface area contributed by atoms with E-state index in [-0.39, 0.29) is 5.41 Å². The Morgan fingerprint density at radius 2 is 2.07 bits per heavy atom. The Morgan fingerprint density at radius 3 is 2.73 bits per heavy atom. The lowest BCUT2D eigenvalue weighted by Crippen LogP contribution is -2.45. The van der Waals surface area contributed by atoms with E-state index in [9.17, 15) is 4.79 Å². The second-order valence-corrected chi connectivity index (χ2v) is 4.57. The lowest BCUT2D eigenvalue weighted by atomic mass is 9.75. The van der Waals surface area contributed by atoms with E-state index in [1.165, 1.54) is 5.56 Å². The molecular formula is C13H17NO. The van der Waals surface area contributed by atoms with E-state index in [0.717, 1.165) is 19.4 Å². The van der Waals surface area contributed by atoms with Gasteiger partial charge in [-0.1, -0.05) is 37.3 Å². The van der Waals surface area contributed by atoms with Gasteiger partial charge in [0, 0.05) is 5.41 Å². The summed E-state index contributed by atoms with van der Waals surface area (Å²) in [6.07, 6.45) is 1.81. The summed E-state index contributed by atoms with van der Waals surface area (Å²) in [5, 5.41) is 3.13. The Morgan fingerprint density at radius 1 is 1.33 bits per heavy atom. The van der Waals surface area contributed by atoms with Crippen molar-refractivity contribution in [2.75, 3.05) is 13.1 Å². The smallest absolute Gasteiger partial charge is 0.152 e. The topological polar surface area (TPSA) is 29.1 Å². The van der Waals surface area contributed by atoms with Crippen LogP contribution in [0, 0.1) is 5.41 Å². The first-order valence-electron chi connectivity index (χ1n) is 5.49. The molecule has 1 atom stereocenters. The van der Waals surface area contributed by atoms with Gasteiger partial charge >= 0.3 is 0 Å². The van der Waals surface area contributed by atoms with Crippen LogP contribution in [0.4, 0.5) is 0 Å². The quantitative estimate of drug-likeness (QED) is 0.794. The third kappa shape index (κ3) is 2.26. The highest BCUT2D eigenvalue weighted by Gasteiger charge is 2.34. The van der Waals surface area contributed by atoms with Crippen molar-refractivity contribution in [1.29, 1.82) is 0 Å². The van der Waals surface area contributed by atoms with Crippen LogP contribution in [-0.4, -0.2) is 18.9 Å². The Hall–Kier alpha value is -1.15. The number of nitrogens with one attached hydrogen (secondary N) is 1. The first-order chi connectivity index (χ1) is 7.21. The van der Waals surface area contributed by atoms with Gasteiger partial charge in [0.2, 0.25) is 0 Å². The van der Waals surface area contributed by atoms with E-state index in [1.807, 2.05) is 18.2 Å². The molecule has 1 heterocycles. The van der Waals surface area contributed by atoms with Gasteiger partial charge in [-0.3, -0.25) is 4.79 Å². The van der Waals surface area contributed by atoms with Crippen molar-refractivity contribution in [3.63, 3.8) is 0 Å². The summed E-state index contributed by atoms with van der Waals surface area (Å²) in [6.45, 7) is 3.57.